The first kappa shape index (κ1) is 23.6. The molecule has 0 saturated carbocycles. The van der Waals surface area contributed by atoms with E-state index >= 15 is 0 Å². The standard InChI is InChI=1S/C19H25F2N5O3S2/c1-2-5-14(11-27)22-19-23-16(25-31(28,29)26-8-4-9-26)10-17(24-19)30-12-13-6-3-7-15(20)18(13)21/h3,6-7,10,14,27H,2,4-5,8-9,11-12H2,1H3,(H2,22,23,24,25)/t14-/m1/s1. The van der Waals surface area contributed by atoms with Crippen molar-refractivity contribution in [3.63, 3.8) is 0 Å². The molecule has 1 atom stereocenters. The summed E-state index contributed by atoms with van der Waals surface area (Å²) in [5, 5.41) is 12.9. The Balaban J connectivity index is 1.83. The van der Waals surface area contributed by atoms with E-state index in [0.29, 0.717) is 24.5 Å². The van der Waals surface area contributed by atoms with Crippen molar-refractivity contribution in [2.24, 2.45) is 0 Å². The summed E-state index contributed by atoms with van der Waals surface area (Å²) >= 11 is 1.12. The first-order valence-corrected chi connectivity index (χ1v) is 12.3. The van der Waals surface area contributed by atoms with Crippen molar-refractivity contribution in [1.29, 1.82) is 0 Å². The van der Waals surface area contributed by atoms with Crippen molar-refractivity contribution >= 4 is 33.7 Å². The Kier molecular flexibility index (Phi) is 8.03. The lowest BCUT2D eigenvalue weighted by Crippen LogP contribution is -2.45. The Morgan fingerprint density at radius 3 is 2.71 bits per heavy atom. The molecule has 1 aromatic heterocycles. The first-order valence-electron chi connectivity index (χ1n) is 9.92. The van der Waals surface area contributed by atoms with Crippen LogP contribution in [0.3, 0.4) is 0 Å². The molecule has 12 heteroatoms. The Bertz CT molecular complexity index is 1010. The van der Waals surface area contributed by atoms with Crippen molar-refractivity contribution in [3.8, 4) is 0 Å². The number of anilines is 2. The molecule has 0 spiro atoms. The van der Waals surface area contributed by atoms with Crippen LogP contribution in [0.4, 0.5) is 20.5 Å². The zero-order chi connectivity index (χ0) is 22.4. The molecule has 1 fully saturated rings. The van der Waals surface area contributed by atoms with E-state index in [1.165, 1.54) is 22.5 Å². The average Bonchev–Trinajstić information content (AvgIpc) is 2.66. The van der Waals surface area contributed by atoms with Crippen LogP contribution in [0.15, 0.2) is 29.3 Å². The van der Waals surface area contributed by atoms with Gasteiger partial charge in [0.15, 0.2) is 11.6 Å². The van der Waals surface area contributed by atoms with Gasteiger partial charge in [0.05, 0.1) is 12.6 Å². The highest BCUT2D eigenvalue weighted by atomic mass is 32.2. The summed E-state index contributed by atoms with van der Waals surface area (Å²) in [6.07, 6.45) is 2.29. The molecular formula is C19H25F2N5O3S2. The number of hydrogen-bond donors (Lipinski definition) is 3. The maximum Gasteiger partial charge on any atom is 0.302 e. The van der Waals surface area contributed by atoms with Gasteiger partial charge >= 0.3 is 10.2 Å². The lowest BCUT2D eigenvalue weighted by Gasteiger charge is -2.29. The molecular weight excluding hydrogens is 448 g/mol. The predicted molar refractivity (Wildman–Crippen MR) is 116 cm³/mol. The third-order valence-electron chi connectivity index (χ3n) is 4.69. The van der Waals surface area contributed by atoms with Gasteiger partial charge in [-0.25, -0.2) is 13.8 Å². The van der Waals surface area contributed by atoms with Crippen molar-refractivity contribution in [1.82, 2.24) is 14.3 Å². The highest BCUT2D eigenvalue weighted by Crippen LogP contribution is 2.27. The lowest BCUT2D eigenvalue weighted by atomic mass is 10.2. The molecule has 170 valence electrons. The molecule has 0 unspecified atom stereocenters. The van der Waals surface area contributed by atoms with Gasteiger partial charge in [-0.15, -0.1) is 11.8 Å². The number of nitrogens with one attached hydrogen (secondary N) is 2. The second-order valence-corrected chi connectivity index (χ2v) is 9.76. The number of benzene rings is 1. The molecule has 0 amide bonds. The minimum atomic E-state index is -3.74. The molecule has 0 bridgehead atoms. The van der Waals surface area contributed by atoms with Crippen molar-refractivity contribution in [2.45, 2.75) is 43.0 Å². The normalized spacial score (nSPS) is 15.4. The van der Waals surface area contributed by atoms with E-state index in [0.717, 1.165) is 30.7 Å². The fraction of sp³-hybridized carbons (Fsp3) is 0.474. The average molecular weight is 474 g/mol. The van der Waals surface area contributed by atoms with Crippen LogP contribution in [0.2, 0.25) is 0 Å². The Morgan fingerprint density at radius 2 is 2.06 bits per heavy atom. The van der Waals surface area contributed by atoms with Crippen LogP contribution >= 0.6 is 11.8 Å². The van der Waals surface area contributed by atoms with Gasteiger partial charge in [0.2, 0.25) is 5.95 Å². The fourth-order valence-corrected chi connectivity index (χ4v) is 5.00. The molecule has 3 rings (SSSR count). The number of thioether (sulfide) groups is 1. The number of hydrogen-bond acceptors (Lipinski definition) is 7. The molecule has 8 nitrogen and oxygen atoms in total. The van der Waals surface area contributed by atoms with Crippen molar-refractivity contribution in [3.05, 3.63) is 41.5 Å². The van der Waals surface area contributed by atoms with Crippen LogP contribution in [0, 0.1) is 11.6 Å². The predicted octanol–water partition coefficient (Wildman–Crippen LogP) is 2.98. The maximum absolute atomic E-state index is 14.0. The van der Waals surface area contributed by atoms with Gasteiger partial charge in [0, 0.05) is 30.5 Å². The summed E-state index contributed by atoms with van der Waals surface area (Å²) < 4.78 is 56.1. The van der Waals surface area contributed by atoms with E-state index in [1.54, 1.807) is 0 Å². The Labute approximate surface area is 184 Å². The van der Waals surface area contributed by atoms with E-state index in [4.69, 9.17) is 0 Å². The lowest BCUT2D eigenvalue weighted by molar-refractivity contribution is 0.268. The molecule has 1 saturated heterocycles. The summed E-state index contributed by atoms with van der Waals surface area (Å²) in [5.41, 5.74) is 0.167. The van der Waals surface area contributed by atoms with Crippen LogP contribution in [0.25, 0.3) is 0 Å². The first-order chi connectivity index (χ1) is 14.8. The summed E-state index contributed by atoms with van der Waals surface area (Å²) in [6, 6.07) is 5.08. The summed E-state index contributed by atoms with van der Waals surface area (Å²) in [5.74, 6) is -1.57. The molecule has 0 radical (unpaired) electrons. The minimum Gasteiger partial charge on any atom is -0.394 e. The van der Waals surface area contributed by atoms with E-state index in [-0.39, 0.29) is 35.7 Å². The van der Waals surface area contributed by atoms with Crippen LogP contribution < -0.4 is 10.0 Å². The minimum absolute atomic E-state index is 0.0554. The molecule has 1 aliphatic rings. The molecule has 2 heterocycles. The van der Waals surface area contributed by atoms with Crippen LogP contribution in [-0.4, -0.2) is 53.5 Å². The number of aliphatic hydroxyl groups excluding tert-OH is 1. The SMILES string of the molecule is CCC[C@H](CO)Nc1nc(NS(=O)(=O)N2CCC2)cc(SCc2cccc(F)c2F)n1. The molecule has 1 aromatic carbocycles. The smallest absolute Gasteiger partial charge is 0.302 e. The Hall–Kier alpha value is -2.02. The second-order valence-electron chi connectivity index (χ2n) is 7.09. The third-order valence-corrected chi connectivity index (χ3v) is 7.16. The van der Waals surface area contributed by atoms with Crippen LogP contribution in [0.1, 0.15) is 31.7 Å². The molecule has 0 aliphatic carbocycles. The fourth-order valence-electron chi connectivity index (χ4n) is 2.89. The number of nitrogens with zero attached hydrogens (tertiary/aromatic N) is 3. The molecule has 3 N–H and O–H groups in total. The highest BCUT2D eigenvalue weighted by molar-refractivity contribution is 7.98. The summed E-state index contributed by atoms with van der Waals surface area (Å²) in [7, 11) is -3.74. The van der Waals surface area contributed by atoms with E-state index in [2.05, 4.69) is 20.0 Å². The van der Waals surface area contributed by atoms with Crippen LogP contribution in [0.5, 0.6) is 0 Å². The van der Waals surface area contributed by atoms with Crippen molar-refractivity contribution in [2.75, 3.05) is 29.7 Å². The van der Waals surface area contributed by atoms with Gasteiger partial charge in [0.1, 0.15) is 10.8 Å². The molecule has 1 aliphatic heterocycles. The number of aromatic nitrogens is 2. The summed E-state index contributed by atoms with van der Waals surface area (Å²) in [4.78, 5) is 8.56. The zero-order valence-corrected chi connectivity index (χ0v) is 18.6. The number of aliphatic hydroxyl groups is 1. The van der Waals surface area contributed by atoms with Gasteiger partial charge in [0.25, 0.3) is 0 Å². The summed E-state index contributed by atoms with van der Waals surface area (Å²) in [6.45, 7) is 2.71. The molecule has 31 heavy (non-hydrogen) atoms. The third kappa shape index (κ3) is 6.25. The number of halogens is 2. The van der Waals surface area contributed by atoms with Gasteiger partial charge < -0.3 is 10.4 Å². The monoisotopic (exact) mass is 473 g/mol. The quantitative estimate of drug-likeness (QED) is 0.340. The Morgan fingerprint density at radius 1 is 1.29 bits per heavy atom. The van der Waals surface area contributed by atoms with Gasteiger partial charge in [-0.1, -0.05) is 25.5 Å². The van der Waals surface area contributed by atoms with E-state index < -0.39 is 21.8 Å². The van der Waals surface area contributed by atoms with Gasteiger partial charge in [-0.3, -0.25) is 4.72 Å². The number of rotatable bonds is 11. The van der Waals surface area contributed by atoms with E-state index in [1.807, 2.05) is 6.92 Å². The topological polar surface area (TPSA) is 107 Å². The largest absolute Gasteiger partial charge is 0.394 e. The maximum atomic E-state index is 14.0. The highest BCUT2D eigenvalue weighted by Gasteiger charge is 2.28. The second kappa shape index (κ2) is 10.5. The van der Waals surface area contributed by atoms with Gasteiger partial charge in [-0.05, 0) is 18.9 Å². The molecule has 2 aromatic rings. The van der Waals surface area contributed by atoms with Crippen LogP contribution in [-0.2, 0) is 16.0 Å². The van der Waals surface area contributed by atoms with Crippen molar-refractivity contribution < 1.29 is 22.3 Å². The van der Waals surface area contributed by atoms with Gasteiger partial charge in [-0.2, -0.15) is 17.7 Å². The van der Waals surface area contributed by atoms with E-state index in [9.17, 15) is 22.3 Å². The zero-order valence-electron chi connectivity index (χ0n) is 17.0.